The molecule has 144 valence electrons. The molecule has 0 unspecified atom stereocenters. The van der Waals surface area contributed by atoms with Gasteiger partial charge in [-0.1, -0.05) is 18.2 Å². The fraction of sp³-hybridized carbons (Fsp3) is 0.304. The number of aromatic nitrogens is 1. The van der Waals surface area contributed by atoms with Crippen molar-refractivity contribution >= 4 is 16.8 Å². The maximum absolute atomic E-state index is 13.1. The normalized spacial score (nSPS) is 13.4. The monoisotopic (exact) mass is 376 g/mol. The fourth-order valence-corrected chi connectivity index (χ4v) is 3.24. The largest absolute Gasteiger partial charge is 0.497 e. The number of methoxy groups -OCH3 is 1. The predicted molar refractivity (Wildman–Crippen MR) is 109 cm³/mol. The van der Waals surface area contributed by atoms with E-state index in [-0.39, 0.29) is 5.91 Å². The molecule has 0 N–H and O–H groups in total. The number of hydrogen-bond acceptors (Lipinski definition) is 4. The van der Waals surface area contributed by atoms with E-state index in [9.17, 15) is 4.79 Å². The summed E-state index contributed by atoms with van der Waals surface area (Å²) in [7, 11) is 3.44. The van der Waals surface area contributed by atoms with Gasteiger partial charge in [-0.3, -0.25) is 9.78 Å². The summed E-state index contributed by atoms with van der Waals surface area (Å²) in [6, 6.07) is 17.3. The molecule has 3 aromatic rings. The van der Waals surface area contributed by atoms with Crippen molar-refractivity contribution in [1.82, 2.24) is 9.88 Å². The van der Waals surface area contributed by atoms with E-state index in [1.807, 2.05) is 61.6 Å². The van der Waals surface area contributed by atoms with Crippen molar-refractivity contribution in [3.8, 4) is 11.5 Å². The number of fused-ring (bicyclic) bond motifs is 1. The van der Waals surface area contributed by atoms with Gasteiger partial charge in [0, 0.05) is 24.0 Å². The Kier molecular flexibility index (Phi) is 5.15. The van der Waals surface area contributed by atoms with Gasteiger partial charge < -0.3 is 14.4 Å². The number of likely N-dealkylation sites (N-methyl/N-ethyl adjacent to an activating group) is 1. The van der Waals surface area contributed by atoms with Crippen LogP contribution in [-0.4, -0.2) is 43.1 Å². The summed E-state index contributed by atoms with van der Waals surface area (Å²) < 4.78 is 10.9. The maximum Gasteiger partial charge on any atom is 0.254 e. The summed E-state index contributed by atoms with van der Waals surface area (Å²) in [4.78, 5) is 19.6. The second-order valence-corrected chi connectivity index (χ2v) is 7.14. The Morgan fingerprint density at radius 2 is 1.82 bits per heavy atom. The molecule has 1 aliphatic rings. The fourth-order valence-electron chi connectivity index (χ4n) is 3.24. The zero-order chi connectivity index (χ0) is 19.5. The van der Waals surface area contributed by atoms with Gasteiger partial charge in [0.15, 0.2) is 0 Å². The number of pyridine rings is 1. The first-order valence-corrected chi connectivity index (χ1v) is 9.57. The van der Waals surface area contributed by atoms with Gasteiger partial charge in [-0.25, -0.2) is 0 Å². The van der Waals surface area contributed by atoms with Crippen LogP contribution >= 0.6 is 0 Å². The molecule has 1 heterocycles. The van der Waals surface area contributed by atoms with Crippen molar-refractivity contribution in [2.24, 2.45) is 0 Å². The molecular formula is C23H24N2O3. The summed E-state index contributed by atoms with van der Waals surface area (Å²) in [5.74, 6) is 2.04. The minimum absolute atomic E-state index is 0.00108. The van der Waals surface area contributed by atoms with Crippen LogP contribution in [0.15, 0.2) is 54.6 Å². The number of hydrogen-bond donors (Lipinski definition) is 0. The summed E-state index contributed by atoms with van der Waals surface area (Å²) in [6.45, 7) is 0.924. The SMILES string of the molecule is COc1ccc(OCCN(C)C(=O)c2cc(C3CC3)nc3ccccc23)cc1. The van der Waals surface area contributed by atoms with Gasteiger partial charge in [0.1, 0.15) is 18.1 Å². The Labute approximate surface area is 164 Å². The highest BCUT2D eigenvalue weighted by Crippen LogP contribution is 2.40. The number of amides is 1. The number of rotatable bonds is 7. The Morgan fingerprint density at radius 3 is 2.54 bits per heavy atom. The molecule has 0 spiro atoms. The molecule has 1 fully saturated rings. The number of para-hydroxylation sites is 1. The molecule has 2 aromatic carbocycles. The van der Waals surface area contributed by atoms with Crippen LogP contribution in [0.3, 0.4) is 0 Å². The van der Waals surface area contributed by atoms with Gasteiger partial charge in [-0.05, 0) is 49.2 Å². The van der Waals surface area contributed by atoms with Crippen molar-refractivity contribution in [2.75, 3.05) is 27.3 Å². The quantitative estimate of drug-likeness (QED) is 0.618. The van der Waals surface area contributed by atoms with E-state index < -0.39 is 0 Å². The Balaban J connectivity index is 1.45. The molecule has 5 heteroatoms. The topological polar surface area (TPSA) is 51.7 Å². The van der Waals surface area contributed by atoms with E-state index in [1.165, 1.54) is 0 Å². The molecule has 5 nitrogen and oxygen atoms in total. The minimum Gasteiger partial charge on any atom is -0.497 e. The summed E-state index contributed by atoms with van der Waals surface area (Å²) in [5.41, 5.74) is 2.64. The molecule has 1 saturated carbocycles. The van der Waals surface area contributed by atoms with Crippen molar-refractivity contribution in [3.05, 3.63) is 65.9 Å². The van der Waals surface area contributed by atoms with Crippen LogP contribution in [0.25, 0.3) is 10.9 Å². The number of benzene rings is 2. The highest BCUT2D eigenvalue weighted by Gasteiger charge is 2.27. The molecule has 0 saturated heterocycles. The number of carbonyl (C=O) groups excluding carboxylic acids is 1. The molecule has 28 heavy (non-hydrogen) atoms. The molecule has 0 bridgehead atoms. The Morgan fingerprint density at radius 1 is 1.11 bits per heavy atom. The lowest BCUT2D eigenvalue weighted by Crippen LogP contribution is -2.31. The highest BCUT2D eigenvalue weighted by molar-refractivity contribution is 6.06. The first kappa shape index (κ1) is 18.3. The lowest BCUT2D eigenvalue weighted by atomic mass is 10.0. The van der Waals surface area contributed by atoms with Crippen molar-refractivity contribution < 1.29 is 14.3 Å². The van der Waals surface area contributed by atoms with E-state index in [2.05, 4.69) is 0 Å². The van der Waals surface area contributed by atoms with Crippen LogP contribution in [0.2, 0.25) is 0 Å². The molecule has 0 atom stereocenters. The standard InChI is InChI=1S/C23H24N2O3/c1-25(13-14-28-18-11-9-17(27-2)10-12-18)23(26)20-15-22(16-7-8-16)24-21-6-4-3-5-19(20)21/h3-6,9-12,15-16H,7-8,13-14H2,1-2H3. The lowest BCUT2D eigenvalue weighted by Gasteiger charge is -2.19. The third-order valence-corrected chi connectivity index (χ3v) is 5.06. The van der Waals surface area contributed by atoms with Gasteiger partial charge in [0.05, 0.1) is 24.7 Å². The zero-order valence-electron chi connectivity index (χ0n) is 16.2. The van der Waals surface area contributed by atoms with E-state index in [1.54, 1.807) is 12.0 Å². The smallest absolute Gasteiger partial charge is 0.254 e. The van der Waals surface area contributed by atoms with Crippen LogP contribution < -0.4 is 9.47 Å². The third-order valence-electron chi connectivity index (χ3n) is 5.06. The van der Waals surface area contributed by atoms with E-state index in [0.29, 0.717) is 19.1 Å². The number of nitrogens with zero attached hydrogens (tertiary/aromatic N) is 2. The van der Waals surface area contributed by atoms with Gasteiger partial charge in [0.25, 0.3) is 5.91 Å². The van der Waals surface area contributed by atoms with Gasteiger partial charge in [-0.15, -0.1) is 0 Å². The van der Waals surface area contributed by atoms with Gasteiger partial charge in [0.2, 0.25) is 0 Å². The third kappa shape index (κ3) is 3.93. The van der Waals surface area contributed by atoms with Crippen LogP contribution in [0, 0.1) is 0 Å². The second kappa shape index (κ2) is 7.89. The average molecular weight is 376 g/mol. The molecule has 1 amide bonds. The predicted octanol–water partition coefficient (Wildman–Crippen LogP) is 4.27. The number of carbonyl (C=O) groups is 1. The minimum atomic E-state index is -0.00108. The van der Waals surface area contributed by atoms with E-state index in [4.69, 9.17) is 14.5 Å². The Bertz CT molecular complexity index is 981. The van der Waals surface area contributed by atoms with E-state index in [0.717, 1.165) is 46.5 Å². The first-order valence-electron chi connectivity index (χ1n) is 9.57. The summed E-state index contributed by atoms with van der Waals surface area (Å²) in [6.07, 6.45) is 2.31. The first-order chi connectivity index (χ1) is 13.7. The van der Waals surface area contributed by atoms with E-state index >= 15 is 0 Å². The van der Waals surface area contributed by atoms with Gasteiger partial charge >= 0.3 is 0 Å². The van der Waals surface area contributed by atoms with Crippen LogP contribution in [-0.2, 0) is 0 Å². The van der Waals surface area contributed by atoms with Crippen molar-refractivity contribution in [1.29, 1.82) is 0 Å². The Hall–Kier alpha value is -3.08. The lowest BCUT2D eigenvalue weighted by molar-refractivity contribution is 0.0775. The van der Waals surface area contributed by atoms with Crippen LogP contribution in [0.1, 0.15) is 34.8 Å². The molecule has 1 aromatic heterocycles. The molecular weight excluding hydrogens is 352 g/mol. The second-order valence-electron chi connectivity index (χ2n) is 7.14. The number of ether oxygens (including phenoxy) is 2. The zero-order valence-corrected chi connectivity index (χ0v) is 16.2. The van der Waals surface area contributed by atoms with Crippen molar-refractivity contribution in [3.63, 3.8) is 0 Å². The maximum atomic E-state index is 13.1. The van der Waals surface area contributed by atoms with Crippen LogP contribution in [0.4, 0.5) is 0 Å². The summed E-state index contributed by atoms with van der Waals surface area (Å²) in [5, 5.41) is 0.903. The van der Waals surface area contributed by atoms with Crippen LogP contribution in [0.5, 0.6) is 11.5 Å². The highest BCUT2D eigenvalue weighted by atomic mass is 16.5. The molecule has 0 aliphatic heterocycles. The average Bonchev–Trinajstić information content (AvgIpc) is 3.58. The van der Waals surface area contributed by atoms with Gasteiger partial charge in [-0.2, -0.15) is 0 Å². The molecule has 0 radical (unpaired) electrons. The summed E-state index contributed by atoms with van der Waals surface area (Å²) >= 11 is 0. The molecule has 1 aliphatic carbocycles. The molecule has 4 rings (SSSR count). The van der Waals surface area contributed by atoms with Crippen molar-refractivity contribution in [2.45, 2.75) is 18.8 Å².